The fourth-order valence-corrected chi connectivity index (χ4v) is 2.82. The molecule has 0 aromatic rings. The number of ether oxygens (including phenoxy) is 2. The molecule has 0 aromatic carbocycles. The van der Waals surface area contributed by atoms with Crippen LogP contribution in [0.15, 0.2) is 0 Å². The maximum absolute atomic E-state index is 11.6. The summed E-state index contributed by atoms with van der Waals surface area (Å²) in [7, 11) is 3.15. The molecule has 2 aliphatic rings. The Hall–Kier alpha value is -0.610. The topological polar surface area (TPSA) is 47.6 Å². The SMILES string of the molecule is COCC12CCC(C(=O)OC)(CC1)N2. The van der Waals surface area contributed by atoms with Gasteiger partial charge in [0.05, 0.1) is 13.7 Å². The Balaban J connectivity index is 2.12. The van der Waals surface area contributed by atoms with Gasteiger partial charge in [0.25, 0.3) is 0 Å². The molecule has 0 spiro atoms. The average molecular weight is 199 g/mol. The largest absolute Gasteiger partial charge is 0.468 e. The molecule has 0 amide bonds. The smallest absolute Gasteiger partial charge is 0.326 e. The predicted molar refractivity (Wildman–Crippen MR) is 51.0 cm³/mol. The quantitative estimate of drug-likeness (QED) is 0.671. The van der Waals surface area contributed by atoms with E-state index in [1.165, 1.54) is 7.11 Å². The molecule has 0 unspecified atom stereocenters. The molecule has 2 aliphatic heterocycles. The third-order valence-corrected chi connectivity index (χ3v) is 3.56. The molecule has 1 N–H and O–H groups in total. The van der Waals surface area contributed by atoms with Crippen molar-refractivity contribution in [2.45, 2.75) is 36.8 Å². The van der Waals surface area contributed by atoms with Gasteiger partial charge in [0.1, 0.15) is 5.54 Å². The van der Waals surface area contributed by atoms with Gasteiger partial charge >= 0.3 is 5.97 Å². The maximum Gasteiger partial charge on any atom is 0.326 e. The lowest BCUT2D eigenvalue weighted by molar-refractivity contribution is -0.147. The Kier molecular flexibility index (Phi) is 2.27. The number of methoxy groups -OCH3 is 2. The van der Waals surface area contributed by atoms with Crippen LogP contribution < -0.4 is 5.32 Å². The van der Waals surface area contributed by atoms with Crippen LogP contribution in [0.25, 0.3) is 0 Å². The highest BCUT2D eigenvalue weighted by molar-refractivity contribution is 5.82. The Bertz CT molecular complexity index is 244. The van der Waals surface area contributed by atoms with Crippen LogP contribution in [0.4, 0.5) is 0 Å². The van der Waals surface area contributed by atoms with Crippen molar-refractivity contribution in [2.24, 2.45) is 0 Å². The summed E-state index contributed by atoms with van der Waals surface area (Å²) < 4.78 is 10.0. The van der Waals surface area contributed by atoms with Gasteiger partial charge in [0.15, 0.2) is 0 Å². The molecule has 2 saturated heterocycles. The zero-order chi connectivity index (χ0) is 10.2. The van der Waals surface area contributed by atoms with E-state index in [0.717, 1.165) is 25.7 Å². The van der Waals surface area contributed by atoms with Crippen molar-refractivity contribution in [3.63, 3.8) is 0 Å². The summed E-state index contributed by atoms with van der Waals surface area (Å²) in [4.78, 5) is 11.6. The van der Waals surface area contributed by atoms with Crippen LogP contribution in [-0.4, -0.2) is 37.9 Å². The van der Waals surface area contributed by atoms with Crippen LogP contribution in [0, 0.1) is 0 Å². The molecule has 80 valence electrons. The Morgan fingerprint density at radius 1 is 1.29 bits per heavy atom. The van der Waals surface area contributed by atoms with Crippen LogP contribution in [0.3, 0.4) is 0 Å². The van der Waals surface area contributed by atoms with Crippen molar-refractivity contribution in [2.75, 3.05) is 20.8 Å². The first-order valence-electron chi connectivity index (χ1n) is 5.03. The van der Waals surface area contributed by atoms with Crippen LogP contribution >= 0.6 is 0 Å². The van der Waals surface area contributed by atoms with Crippen molar-refractivity contribution in [3.05, 3.63) is 0 Å². The van der Waals surface area contributed by atoms with Crippen molar-refractivity contribution in [1.82, 2.24) is 5.32 Å². The number of carbonyl (C=O) groups is 1. The summed E-state index contributed by atoms with van der Waals surface area (Å²) in [5.41, 5.74) is -0.379. The number of hydrogen-bond donors (Lipinski definition) is 1. The van der Waals surface area contributed by atoms with Gasteiger partial charge in [-0.15, -0.1) is 0 Å². The van der Waals surface area contributed by atoms with Gasteiger partial charge in [-0.3, -0.25) is 10.1 Å². The monoisotopic (exact) mass is 199 g/mol. The first-order valence-corrected chi connectivity index (χ1v) is 5.03. The molecule has 0 saturated carbocycles. The lowest BCUT2D eigenvalue weighted by atomic mass is 9.82. The Morgan fingerprint density at radius 2 is 1.93 bits per heavy atom. The predicted octanol–water partition coefficient (Wildman–Crippen LogP) is 0.461. The standard InChI is InChI=1S/C10H17NO3/c1-13-7-9-3-5-10(11-9,6-4-9)8(12)14-2/h11H,3-7H2,1-2H3. The van der Waals surface area contributed by atoms with Gasteiger partial charge in [0.2, 0.25) is 0 Å². The van der Waals surface area contributed by atoms with Gasteiger partial charge in [0, 0.05) is 12.6 Å². The third kappa shape index (κ3) is 1.25. The minimum atomic E-state index is -0.409. The van der Waals surface area contributed by atoms with Crippen LogP contribution in [0.5, 0.6) is 0 Å². The lowest BCUT2D eigenvalue weighted by Crippen LogP contribution is -2.49. The summed E-state index contributed by atoms with van der Waals surface area (Å²) in [5.74, 6) is -0.118. The molecule has 0 aliphatic carbocycles. The van der Waals surface area contributed by atoms with Gasteiger partial charge in [-0.25, -0.2) is 0 Å². The van der Waals surface area contributed by atoms with Crippen LogP contribution in [0.1, 0.15) is 25.7 Å². The second kappa shape index (κ2) is 3.21. The van der Waals surface area contributed by atoms with E-state index in [-0.39, 0.29) is 11.5 Å². The summed E-state index contributed by atoms with van der Waals surface area (Å²) in [6, 6.07) is 0. The van der Waals surface area contributed by atoms with E-state index >= 15 is 0 Å². The molecule has 4 nitrogen and oxygen atoms in total. The molecule has 0 radical (unpaired) electrons. The second-order valence-corrected chi connectivity index (χ2v) is 4.41. The summed E-state index contributed by atoms with van der Waals surface area (Å²) >= 11 is 0. The van der Waals surface area contributed by atoms with Crippen molar-refractivity contribution >= 4 is 5.97 Å². The number of carbonyl (C=O) groups excluding carboxylic acids is 1. The van der Waals surface area contributed by atoms with Gasteiger partial charge in [-0.2, -0.15) is 0 Å². The van der Waals surface area contributed by atoms with E-state index < -0.39 is 5.54 Å². The minimum absolute atomic E-state index is 0.0307. The summed E-state index contributed by atoms with van der Waals surface area (Å²) in [6.07, 6.45) is 3.78. The van der Waals surface area contributed by atoms with E-state index in [0.29, 0.717) is 6.61 Å². The molecular weight excluding hydrogens is 182 g/mol. The lowest BCUT2D eigenvalue weighted by Gasteiger charge is -2.24. The molecular formula is C10H17NO3. The fraction of sp³-hybridized carbons (Fsp3) is 0.900. The van der Waals surface area contributed by atoms with Crippen LogP contribution in [-0.2, 0) is 14.3 Å². The van der Waals surface area contributed by atoms with E-state index in [1.54, 1.807) is 7.11 Å². The minimum Gasteiger partial charge on any atom is -0.468 e. The average Bonchev–Trinajstić information content (AvgIpc) is 2.74. The Morgan fingerprint density at radius 3 is 2.43 bits per heavy atom. The first kappa shape index (κ1) is 9.93. The third-order valence-electron chi connectivity index (χ3n) is 3.56. The molecule has 2 fully saturated rings. The second-order valence-electron chi connectivity index (χ2n) is 4.41. The van der Waals surface area contributed by atoms with Gasteiger partial charge < -0.3 is 9.47 Å². The maximum atomic E-state index is 11.6. The highest BCUT2D eigenvalue weighted by Crippen LogP contribution is 2.45. The zero-order valence-electron chi connectivity index (χ0n) is 8.76. The molecule has 14 heavy (non-hydrogen) atoms. The molecule has 4 heteroatoms. The van der Waals surface area contributed by atoms with Crippen molar-refractivity contribution in [1.29, 1.82) is 0 Å². The molecule has 2 heterocycles. The number of nitrogens with one attached hydrogen (secondary N) is 1. The zero-order valence-corrected chi connectivity index (χ0v) is 8.76. The van der Waals surface area contributed by atoms with E-state index in [2.05, 4.69) is 5.32 Å². The highest BCUT2D eigenvalue weighted by atomic mass is 16.5. The van der Waals surface area contributed by atoms with E-state index in [4.69, 9.17) is 9.47 Å². The fourth-order valence-electron chi connectivity index (χ4n) is 2.82. The number of esters is 1. The van der Waals surface area contributed by atoms with E-state index in [9.17, 15) is 4.79 Å². The summed E-state index contributed by atoms with van der Waals surface area (Å²) in [5, 5.41) is 3.41. The van der Waals surface area contributed by atoms with Gasteiger partial charge in [-0.1, -0.05) is 0 Å². The number of rotatable bonds is 3. The molecule has 0 aromatic heterocycles. The van der Waals surface area contributed by atoms with E-state index in [1.807, 2.05) is 0 Å². The van der Waals surface area contributed by atoms with Crippen molar-refractivity contribution in [3.8, 4) is 0 Å². The van der Waals surface area contributed by atoms with Crippen molar-refractivity contribution < 1.29 is 14.3 Å². The Labute approximate surface area is 84.0 Å². The van der Waals surface area contributed by atoms with Gasteiger partial charge in [-0.05, 0) is 25.7 Å². The molecule has 2 rings (SSSR count). The van der Waals surface area contributed by atoms with Crippen LogP contribution in [0.2, 0.25) is 0 Å². The molecule has 2 bridgehead atoms. The highest BCUT2D eigenvalue weighted by Gasteiger charge is 2.58. The summed E-state index contributed by atoms with van der Waals surface area (Å²) in [6.45, 7) is 0.686. The number of fused-ring (bicyclic) bond motifs is 2. The first-order chi connectivity index (χ1) is 6.66. The molecule has 0 atom stereocenters. The normalized spacial score (nSPS) is 40.1. The number of hydrogen-bond acceptors (Lipinski definition) is 4.